The van der Waals surface area contributed by atoms with Crippen molar-refractivity contribution >= 4 is 11.6 Å². The van der Waals surface area contributed by atoms with Gasteiger partial charge in [-0.15, -0.1) is 0 Å². The van der Waals surface area contributed by atoms with Crippen molar-refractivity contribution in [3.63, 3.8) is 0 Å². The van der Waals surface area contributed by atoms with Crippen molar-refractivity contribution in [2.75, 3.05) is 19.7 Å². The van der Waals surface area contributed by atoms with Gasteiger partial charge in [-0.3, -0.25) is 0 Å². The lowest BCUT2D eigenvalue weighted by Crippen LogP contribution is -2.30. The monoisotopic (exact) mass is 241 g/mol. The summed E-state index contributed by atoms with van der Waals surface area (Å²) in [5.74, 6) is 0.716. The van der Waals surface area contributed by atoms with Gasteiger partial charge < -0.3 is 10.1 Å². The van der Waals surface area contributed by atoms with Gasteiger partial charge in [0.1, 0.15) is 5.15 Å². The van der Waals surface area contributed by atoms with Crippen LogP contribution in [0, 0.1) is 5.92 Å². The summed E-state index contributed by atoms with van der Waals surface area (Å²) in [6.45, 7) is 2.90. The molecule has 2 heterocycles. The number of nitrogens with zero attached hydrogens (tertiary/aromatic N) is 2. The highest BCUT2D eigenvalue weighted by Gasteiger charge is 2.12. The fourth-order valence-electron chi connectivity index (χ4n) is 1.88. The highest BCUT2D eigenvalue weighted by atomic mass is 35.5. The Labute approximate surface area is 100 Å². The van der Waals surface area contributed by atoms with Gasteiger partial charge in [0.25, 0.3) is 0 Å². The highest BCUT2D eigenvalue weighted by molar-refractivity contribution is 6.29. The Bertz CT molecular complexity index is 329. The molecule has 2 rings (SSSR count). The zero-order valence-corrected chi connectivity index (χ0v) is 9.91. The van der Waals surface area contributed by atoms with Crippen LogP contribution in [0.15, 0.2) is 12.3 Å². The maximum absolute atomic E-state index is 5.73. The summed E-state index contributed by atoms with van der Waals surface area (Å²) in [4.78, 5) is 7.96. The Kier molecular flexibility index (Phi) is 4.36. The van der Waals surface area contributed by atoms with Crippen LogP contribution in [0.25, 0.3) is 0 Å². The van der Waals surface area contributed by atoms with E-state index in [-0.39, 0.29) is 0 Å². The van der Waals surface area contributed by atoms with E-state index < -0.39 is 0 Å². The molecule has 1 aromatic heterocycles. The molecule has 0 saturated carbocycles. The van der Waals surface area contributed by atoms with E-state index in [0.29, 0.717) is 23.7 Å². The minimum absolute atomic E-state index is 0.372. The van der Waals surface area contributed by atoms with Crippen LogP contribution in [0.1, 0.15) is 19.3 Å². The molecule has 0 amide bonds. The molecule has 0 aromatic carbocycles. The lowest BCUT2D eigenvalue weighted by molar-refractivity contribution is 0.240. The van der Waals surface area contributed by atoms with Crippen LogP contribution >= 0.6 is 11.6 Å². The van der Waals surface area contributed by atoms with Crippen molar-refractivity contribution in [2.24, 2.45) is 5.92 Å². The number of ether oxygens (including phenoxy) is 1. The lowest BCUT2D eigenvalue weighted by Gasteiger charge is -2.22. The van der Waals surface area contributed by atoms with Gasteiger partial charge in [0.2, 0.25) is 0 Å². The van der Waals surface area contributed by atoms with Crippen LogP contribution in [0.3, 0.4) is 0 Å². The third-order valence-electron chi connectivity index (χ3n) is 2.76. The zero-order valence-electron chi connectivity index (χ0n) is 9.16. The molecule has 4 nitrogen and oxygen atoms in total. The van der Waals surface area contributed by atoms with E-state index in [0.717, 1.165) is 19.5 Å². The molecule has 1 saturated heterocycles. The van der Waals surface area contributed by atoms with E-state index in [2.05, 4.69) is 15.3 Å². The fourth-order valence-corrected chi connectivity index (χ4v) is 2.01. The Morgan fingerprint density at radius 1 is 1.56 bits per heavy atom. The van der Waals surface area contributed by atoms with Crippen LogP contribution in [0.5, 0.6) is 6.01 Å². The number of rotatable bonds is 4. The third kappa shape index (κ3) is 3.61. The quantitative estimate of drug-likeness (QED) is 0.818. The van der Waals surface area contributed by atoms with Gasteiger partial charge in [0.15, 0.2) is 0 Å². The Morgan fingerprint density at radius 3 is 3.25 bits per heavy atom. The summed E-state index contributed by atoms with van der Waals surface area (Å²) in [6, 6.07) is 2.01. The van der Waals surface area contributed by atoms with Crippen LogP contribution in [0.2, 0.25) is 5.15 Å². The van der Waals surface area contributed by atoms with Crippen LogP contribution in [-0.2, 0) is 0 Å². The topological polar surface area (TPSA) is 47.0 Å². The first-order valence-corrected chi connectivity index (χ1v) is 6.04. The van der Waals surface area contributed by atoms with E-state index in [9.17, 15) is 0 Å². The molecule has 1 fully saturated rings. The van der Waals surface area contributed by atoms with Crippen molar-refractivity contribution in [3.05, 3.63) is 17.4 Å². The molecular formula is C11H16ClN3O. The van der Waals surface area contributed by atoms with Gasteiger partial charge in [-0.1, -0.05) is 11.6 Å². The Balaban J connectivity index is 1.71. The second-order valence-corrected chi connectivity index (χ2v) is 4.40. The number of hydrogen-bond acceptors (Lipinski definition) is 4. The van der Waals surface area contributed by atoms with E-state index in [1.54, 1.807) is 12.3 Å². The molecule has 5 heteroatoms. The first-order chi connectivity index (χ1) is 7.84. The van der Waals surface area contributed by atoms with Gasteiger partial charge in [-0.25, -0.2) is 4.98 Å². The van der Waals surface area contributed by atoms with Crippen molar-refractivity contribution in [3.8, 4) is 6.01 Å². The van der Waals surface area contributed by atoms with Gasteiger partial charge in [-0.2, -0.15) is 4.98 Å². The molecule has 0 aliphatic carbocycles. The van der Waals surface area contributed by atoms with E-state index in [4.69, 9.17) is 16.3 Å². The van der Waals surface area contributed by atoms with E-state index in [1.807, 2.05) is 0 Å². The highest BCUT2D eigenvalue weighted by Crippen LogP contribution is 2.14. The van der Waals surface area contributed by atoms with Crippen molar-refractivity contribution < 1.29 is 4.74 Å². The minimum Gasteiger partial charge on any atom is -0.463 e. The number of nitrogens with one attached hydrogen (secondary N) is 1. The van der Waals surface area contributed by atoms with Crippen LogP contribution < -0.4 is 10.1 Å². The first kappa shape index (κ1) is 11.6. The predicted molar refractivity (Wildman–Crippen MR) is 62.7 cm³/mol. The number of hydrogen-bond donors (Lipinski definition) is 1. The largest absolute Gasteiger partial charge is 0.463 e. The smallest absolute Gasteiger partial charge is 0.317 e. The molecule has 88 valence electrons. The second-order valence-electron chi connectivity index (χ2n) is 4.01. The molecule has 1 aliphatic rings. The van der Waals surface area contributed by atoms with Crippen molar-refractivity contribution in [2.45, 2.75) is 19.3 Å². The van der Waals surface area contributed by atoms with Gasteiger partial charge in [-0.05, 0) is 44.3 Å². The van der Waals surface area contributed by atoms with Gasteiger partial charge >= 0.3 is 6.01 Å². The summed E-state index contributed by atoms with van der Waals surface area (Å²) in [5, 5.41) is 3.81. The maximum atomic E-state index is 5.73. The average molecular weight is 242 g/mol. The molecular weight excluding hydrogens is 226 g/mol. The van der Waals surface area contributed by atoms with Crippen molar-refractivity contribution in [1.82, 2.24) is 15.3 Å². The normalized spacial score (nSPS) is 20.7. The standard InChI is InChI=1S/C11H16ClN3O/c12-10-3-6-14-11(15-10)16-7-4-9-2-1-5-13-8-9/h3,6,9,13H,1-2,4-5,7-8H2. The number of piperidine rings is 1. The molecule has 0 spiro atoms. The zero-order chi connectivity index (χ0) is 11.2. The molecule has 1 aliphatic heterocycles. The molecule has 0 bridgehead atoms. The molecule has 0 radical (unpaired) electrons. The summed E-state index contributed by atoms with van der Waals surface area (Å²) in [5.41, 5.74) is 0. The second kappa shape index (κ2) is 6.01. The average Bonchev–Trinajstić information content (AvgIpc) is 2.30. The van der Waals surface area contributed by atoms with Gasteiger partial charge in [0, 0.05) is 6.20 Å². The maximum Gasteiger partial charge on any atom is 0.317 e. The van der Waals surface area contributed by atoms with Gasteiger partial charge in [0.05, 0.1) is 6.61 Å². The van der Waals surface area contributed by atoms with Crippen LogP contribution in [0.4, 0.5) is 0 Å². The Hall–Kier alpha value is -0.870. The third-order valence-corrected chi connectivity index (χ3v) is 2.97. The Morgan fingerprint density at radius 2 is 2.50 bits per heavy atom. The number of halogens is 1. The summed E-state index contributed by atoms with van der Waals surface area (Å²) < 4.78 is 5.46. The first-order valence-electron chi connectivity index (χ1n) is 5.66. The minimum atomic E-state index is 0.372. The molecule has 16 heavy (non-hydrogen) atoms. The molecule has 1 aromatic rings. The number of aromatic nitrogens is 2. The predicted octanol–water partition coefficient (Wildman–Crippen LogP) is 1.90. The van der Waals surface area contributed by atoms with E-state index in [1.165, 1.54) is 12.8 Å². The van der Waals surface area contributed by atoms with Crippen molar-refractivity contribution in [1.29, 1.82) is 0 Å². The summed E-state index contributed by atoms with van der Waals surface area (Å²) >= 11 is 5.73. The van der Waals surface area contributed by atoms with E-state index >= 15 is 0 Å². The molecule has 1 atom stereocenters. The van der Waals surface area contributed by atoms with Crippen LogP contribution in [-0.4, -0.2) is 29.7 Å². The molecule has 1 unspecified atom stereocenters. The molecule has 1 N–H and O–H groups in total. The summed E-state index contributed by atoms with van der Waals surface area (Å²) in [7, 11) is 0. The lowest BCUT2D eigenvalue weighted by atomic mass is 9.97. The summed E-state index contributed by atoms with van der Waals surface area (Å²) in [6.07, 6.45) is 5.20. The fraction of sp³-hybridized carbons (Fsp3) is 0.636. The SMILES string of the molecule is Clc1ccnc(OCCC2CCCNC2)n1.